The van der Waals surface area contributed by atoms with Crippen molar-refractivity contribution >= 4 is 38.9 Å². The van der Waals surface area contributed by atoms with Crippen molar-refractivity contribution in [3.63, 3.8) is 0 Å². The first-order valence-electron chi connectivity index (χ1n) is 7.13. The molecule has 0 heterocycles. The van der Waals surface area contributed by atoms with Gasteiger partial charge < -0.3 is 10.6 Å². The molecule has 0 spiro atoms. The summed E-state index contributed by atoms with van der Waals surface area (Å²) in [6.45, 7) is 0. The predicted octanol–water partition coefficient (Wildman–Crippen LogP) is 4.81. The van der Waals surface area contributed by atoms with Crippen LogP contribution in [-0.2, 0) is 6.42 Å². The number of nitrogens with one attached hydrogen (secondary N) is 2. The molecule has 2 aromatic rings. The molecule has 2 N–H and O–H groups in total. The van der Waals surface area contributed by atoms with Crippen LogP contribution < -0.4 is 10.6 Å². The number of hydrogen-bond acceptors (Lipinski definition) is 1. The summed E-state index contributed by atoms with van der Waals surface area (Å²) in [5.41, 5.74) is 3.81. The quantitative estimate of drug-likeness (QED) is 0.751. The molecule has 2 aromatic carbocycles. The highest BCUT2D eigenvalue weighted by molar-refractivity contribution is 9.10. The summed E-state index contributed by atoms with van der Waals surface area (Å²) in [4.78, 5) is 0. The van der Waals surface area contributed by atoms with E-state index in [2.05, 4.69) is 50.8 Å². The maximum absolute atomic E-state index is 5.45. The van der Waals surface area contributed by atoms with E-state index in [1.807, 2.05) is 24.3 Å². The van der Waals surface area contributed by atoms with Gasteiger partial charge in [0.1, 0.15) is 0 Å². The summed E-state index contributed by atoms with van der Waals surface area (Å²) in [5.74, 6) is 0. The number of thiocarbonyl (C=S) groups is 1. The molecule has 1 atom stereocenters. The lowest BCUT2D eigenvalue weighted by atomic mass is 9.88. The number of halogens is 1. The fraction of sp³-hybridized carbons (Fsp3) is 0.235. The van der Waals surface area contributed by atoms with Gasteiger partial charge >= 0.3 is 0 Å². The standard InChI is InChI=1S/C17H17BrN2S/c18-13-7-4-8-14(11-13)19-17(21)20-16-10-3-6-12-5-1-2-9-15(12)16/h1-2,4-5,7-9,11,16H,3,6,10H2,(H2,19,20,21)/t16-/m0/s1. The number of hydrogen-bond donors (Lipinski definition) is 2. The van der Waals surface area contributed by atoms with Gasteiger partial charge in [0.25, 0.3) is 0 Å². The number of aryl methyl sites for hydroxylation is 1. The van der Waals surface area contributed by atoms with Gasteiger partial charge in [-0.3, -0.25) is 0 Å². The highest BCUT2D eigenvalue weighted by Gasteiger charge is 2.20. The van der Waals surface area contributed by atoms with E-state index in [0.717, 1.165) is 16.6 Å². The summed E-state index contributed by atoms with van der Waals surface area (Å²) in [7, 11) is 0. The minimum atomic E-state index is 0.308. The highest BCUT2D eigenvalue weighted by atomic mass is 79.9. The van der Waals surface area contributed by atoms with E-state index in [9.17, 15) is 0 Å². The third-order valence-corrected chi connectivity index (χ3v) is 4.47. The Bertz CT molecular complexity index is 657. The largest absolute Gasteiger partial charge is 0.356 e. The molecule has 3 rings (SSSR count). The zero-order valence-corrected chi connectivity index (χ0v) is 14.0. The van der Waals surface area contributed by atoms with Gasteiger partial charge in [0.05, 0.1) is 6.04 Å². The van der Waals surface area contributed by atoms with Gasteiger partial charge in [-0.05, 0) is 60.8 Å². The van der Waals surface area contributed by atoms with Crippen LogP contribution in [0.15, 0.2) is 53.0 Å². The fourth-order valence-corrected chi connectivity index (χ4v) is 3.45. The smallest absolute Gasteiger partial charge is 0.171 e. The maximum atomic E-state index is 5.45. The van der Waals surface area contributed by atoms with Crippen molar-refractivity contribution in [1.82, 2.24) is 5.32 Å². The lowest BCUT2D eigenvalue weighted by molar-refractivity contribution is 0.529. The van der Waals surface area contributed by atoms with Crippen molar-refractivity contribution in [2.75, 3.05) is 5.32 Å². The van der Waals surface area contributed by atoms with Crippen molar-refractivity contribution in [3.8, 4) is 0 Å². The van der Waals surface area contributed by atoms with E-state index in [-0.39, 0.29) is 0 Å². The molecule has 4 heteroatoms. The molecule has 0 radical (unpaired) electrons. The first kappa shape index (κ1) is 14.5. The van der Waals surface area contributed by atoms with Crippen LogP contribution in [0.25, 0.3) is 0 Å². The Morgan fingerprint density at radius 1 is 1.14 bits per heavy atom. The van der Waals surface area contributed by atoms with Crippen molar-refractivity contribution in [2.45, 2.75) is 25.3 Å². The molecule has 0 unspecified atom stereocenters. The second-order valence-corrected chi connectivity index (χ2v) is 6.58. The first-order valence-corrected chi connectivity index (χ1v) is 8.33. The van der Waals surface area contributed by atoms with Gasteiger partial charge in [0, 0.05) is 10.2 Å². The van der Waals surface area contributed by atoms with Crippen LogP contribution in [0.4, 0.5) is 5.69 Å². The number of anilines is 1. The Labute approximate surface area is 139 Å². The van der Waals surface area contributed by atoms with E-state index >= 15 is 0 Å². The van der Waals surface area contributed by atoms with Crippen LogP contribution in [0.2, 0.25) is 0 Å². The topological polar surface area (TPSA) is 24.1 Å². The zero-order chi connectivity index (χ0) is 14.7. The zero-order valence-electron chi connectivity index (χ0n) is 11.6. The Hall–Kier alpha value is -1.39. The van der Waals surface area contributed by atoms with Gasteiger partial charge in [-0.25, -0.2) is 0 Å². The normalized spacial score (nSPS) is 16.9. The molecule has 0 saturated heterocycles. The van der Waals surface area contributed by atoms with E-state index in [1.165, 1.54) is 24.0 Å². The Kier molecular flexibility index (Phi) is 4.56. The molecular formula is C17H17BrN2S. The molecule has 21 heavy (non-hydrogen) atoms. The summed E-state index contributed by atoms with van der Waals surface area (Å²) in [6.07, 6.45) is 3.49. The molecule has 0 bridgehead atoms. The maximum Gasteiger partial charge on any atom is 0.171 e. The molecule has 0 aromatic heterocycles. The van der Waals surface area contributed by atoms with Crippen LogP contribution in [0.1, 0.15) is 30.0 Å². The highest BCUT2D eigenvalue weighted by Crippen LogP contribution is 2.29. The average molecular weight is 361 g/mol. The summed E-state index contributed by atoms with van der Waals surface area (Å²) in [5, 5.41) is 7.37. The third kappa shape index (κ3) is 3.63. The SMILES string of the molecule is S=C(Nc1cccc(Br)c1)N[C@H]1CCCc2ccccc21. The number of benzene rings is 2. The first-order chi connectivity index (χ1) is 10.2. The molecule has 108 valence electrons. The second-order valence-electron chi connectivity index (χ2n) is 5.25. The van der Waals surface area contributed by atoms with Crippen molar-refractivity contribution in [3.05, 3.63) is 64.1 Å². The Morgan fingerprint density at radius 2 is 2.00 bits per heavy atom. The molecule has 0 fully saturated rings. The van der Waals surface area contributed by atoms with Gasteiger partial charge in [-0.1, -0.05) is 46.3 Å². The van der Waals surface area contributed by atoms with Gasteiger partial charge in [-0.15, -0.1) is 0 Å². The Balaban J connectivity index is 1.68. The van der Waals surface area contributed by atoms with E-state index in [0.29, 0.717) is 11.2 Å². The monoisotopic (exact) mass is 360 g/mol. The molecule has 0 saturated carbocycles. The number of rotatable bonds is 2. The minimum absolute atomic E-state index is 0.308. The number of fused-ring (bicyclic) bond motifs is 1. The van der Waals surface area contributed by atoms with E-state index in [4.69, 9.17) is 12.2 Å². The predicted molar refractivity (Wildman–Crippen MR) is 95.6 cm³/mol. The fourth-order valence-electron chi connectivity index (χ4n) is 2.80. The Morgan fingerprint density at radius 3 is 2.86 bits per heavy atom. The van der Waals surface area contributed by atoms with Crippen molar-refractivity contribution in [2.24, 2.45) is 0 Å². The van der Waals surface area contributed by atoms with Crippen LogP contribution >= 0.6 is 28.1 Å². The van der Waals surface area contributed by atoms with Crippen molar-refractivity contribution < 1.29 is 0 Å². The van der Waals surface area contributed by atoms with Gasteiger partial charge in [0.2, 0.25) is 0 Å². The lowest BCUT2D eigenvalue weighted by Crippen LogP contribution is -2.34. The van der Waals surface area contributed by atoms with Crippen LogP contribution in [0.3, 0.4) is 0 Å². The second kappa shape index (κ2) is 6.58. The molecule has 0 amide bonds. The molecule has 0 aliphatic heterocycles. The van der Waals surface area contributed by atoms with Crippen molar-refractivity contribution in [1.29, 1.82) is 0 Å². The van der Waals surface area contributed by atoms with E-state index in [1.54, 1.807) is 0 Å². The van der Waals surface area contributed by atoms with Gasteiger partial charge in [-0.2, -0.15) is 0 Å². The summed E-state index contributed by atoms with van der Waals surface area (Å²) >= 11 is 8.92. The molecular weight excluding hydrogens is 344 g/mol. The van der Waals surface area contributed by atoms with E-state index < -0.39 is 0 Å². The molecule has 1 aliphatic rings. The molecule has 2 nitrogen and oxygen atoms in total. The van der Waals surface area contributed by atoms with Crippen LogP contribution in [-0.4, -0.2) is 5.11 Å². The average Bonchev–Trinajstić information content (AvgIpc) is 2.47. The third-order valence-electron chi connectivity index (χ3n) is 3.76. The van der Waals surface area contributed by atoms with Crippen LogP contribution in [0, 0.1) is 0 Å². The lowest BCUT2D eigenvalue weighted by Gasteiger charge is -2.27. The van der Waals surface area contributed by atoms with Crippen LogP contribution in [0.5, 0.6) is 0 Å². The summed E-state index contributed by atoms with van der Waals surface area (Å²) < 4.78 is 1.04. The summed E-state index contributed by atoms with van der Waals surface area (Å²) in [6, 6.07) is 17.0. The minimum Gasteiger partial charge on any atom is -0.356 e. The molecule has 1 aliphatic carbocycles. The van der Waals surface area contributed by atoms with Gasteiger partial charge in [0.15, 0.2) is 5.11 Å².